The molecular weight excluding hydrogens is 389 g/mol. The summed E-state index contributed by atoms with van der Waals surface area (Å²) >= 11 is 0. The van der Waals surface area contributed by atoms with Gasteiger partial charge in [0.2, 0.25) is 5.91 Å². The van der Waals surface area contributed by atoms with Gasteiger partial charge in [0.25, 0.3) is 0 Å². The number of amides is 1. The summed E-state index contributed by atoms with van der Waals surface area (Å²) in [5.41, 5.74) is 8.05. The third-order valence-electron chi connectivity index (χ3n) is 3.63. The largest absolute Gasteiger partial charge is 0.490 e. The third kappa shape index (κ3) is 9.11. The van der Waals surface area contributed by atoms with Gasteiger partial charge in [0.15, 0.2) is 0 Å². The summed E-state index contributed by atoms with van der Waals surface area (Å²) in [6.45, 7) is 0.540. The molecule has 0 saturated heterocycles. The van der Waals surface area contributed by atoms with Gasteiger partial charge in [-0.1, -0.05) is 42.5 Å². The number of rotatable bonds is 6. The predicted octanol–water partition coefficient (Wildman–Crippen LogP) is 2.86. The third-order valence-corrected chi connectivity index (χ3v) is 3.63. The number of nitrogens with two attached hydrogens (primary N) is 1. The highest BCUT2D eigenvalue weighted by molar-refractivity contribution is 5.81. The SMILES string of the molecule is CN(C)C(=O)[C@@H](N)Cc1ccc(OCc2ccccc2)cc1.O=C(O)C(F)(F)F. The molecule has 1 amide bonds. The molecule has 0 heterocycles. The van der Waals surface area contributed by atoms with E-state index < -0.39 is 18.2 Å². The van der Waals surface area contributed by atoms with Crippen molar-refractivity contribution in [2.75, 3.05) is 14.1 Å². The van der Waals surface area contributed by atoms with Crippen LogP contribution in [0.1, 0.15) is 11.1 Å². The van der Waals surface area contributed by atoms with E-state index in [0.29, 0.717) is 13.0 Å². The second-order valence-electron chi connectivity index (χ2n) is 6.26. The van der Waals surface area contributed by atoms with Gasteiger partial charge in [0, 0.05) is 14.1 Å². The molecule has 0 aromatic heterocycles. The summed E-state index contributed by atoms with van der Waals surface area (Å²) in [6.07, 6.45) is -4.56. The molecule has 3 N–H and O–H groups in total. The van der Waals surface area contributed by atoms with E-state index in [1.54, 1.807) is 14.1 Å². The minimum absolute atomic E-state index is 0.0654. The van der Waals surface area contributed by atoms with Gasteiger partial charge in [0.1, 0.15) is 12.4 Å². The zero-order valence-electron chi connectivity index (χ0n) is 16.0. The summed E-state index contributed by atoms with van der Waals surface area (Å²) in [7, 11) is 3.42. The highest BCUT2D eigenvalue weighted by atomic mass is 19.4. The van der Waals surface area contributed by atoms with Gasteiger partial charge in [-0.25, -0.2) is 4.79 Å². The number of likely N-dealkylation sites (N-methyl/N-ethyl adjacent to an activating group) is 1. The van der Waals surface area contributed by atoms with E-state index in [2.05, 4.69) is 0 Å². The summed E-state index contributed by atoms with van der Waals surface area (Å²) in [5.74, 6) is -2.02. The molecule has 158 valence electrons. The molecule has 0 aliphatic rings. The Morgan fingerprint density at radius 3 is 2.00 bits per heavy atom. The topological polar surface area (TPSA) is 92.9 Å². The van der Waals surface area contributed by atoms with E-state index in [0.717, 1.165) is 16.9 Å². The number of hydrogen-bond donors (Lipinski definition) is 2. The first kappa shape index (κ1) is 24.0. The number of alkyl halides is 3. The maximum absolute atomic E-state index is 11.7. The highest BCUT2D eigenvalue weighted by Crippen LogP contribution is 2.15. The van der Waals surface area contributed by atoms with Crippen LogP contribution in [0, 0.1) is 0 Å². The van der Waals surface area contributed by atoms with Gasteiger partial charge < -0.3 is 20.5 Å². The highest BCUT2D eigenvalue weighted by Gasteiger charge is 2.38. The van der Waals surface area contributed by atoms with Crippen molar-refractivity contribution < 1.29 is 32.6 Å². The van der Waals surface area contributed by atoms with Crippen LogP contribution in [-0.4, -0.2) is 48.2 Å². The van der Waals surface area contributed by atoms with Gasteiger partial charge in [-0.05, 0) is 29.7 Å². The predicted molar refractivity (Wildman–Crippen MR) is 101 cm³/mol. The van der Waals surface area contributed by atoms with E-state index >= 15 is 0 Å². The van der Waals surface area contributed by atoms with Gasteiger partial charge in [-0.15, -0.1) is 0 Å². The maximum atomic E-state index is 11.7. The Balaban J connectivity index is 0.000000516. The number of carbonyl (C=O) groups excluding carboxylic acids is 1. The van der Waals surface area contributed by atoms with Crippen molar-refractivity contribution in [3.05, 3.63) is 65.7 Å². The normalized spacial score (nSPS) is 11.7. The van der Waals surface area contributed by atoms with Gasteiger partial charge >= 0.3 is 12.1 Å². The molecule has 0 fully saturated rings. The first-order valence-corrected chi connectivity index (χ1v) is 8.53. The van der Waals surface area contributed by atoms with Crippen molar-refractivity contribution in [2.45, 2.75) is 25.2 Å². The van der Waals surface area contributed by atoms with E-state index in [1.807, 2.05) is 54.6 Å². The van der Waals surface area contributed by atoms with Crippen LogP contribution in [-0.2, 0) is 22.6 Å². The number of aliphatic carboxylic acids is 1. The molecule has 2 aromatic rings. The standard InChI is InChI=1S/C18H22N2O2.C2HF3O2/c1-20(2)18(21)17(19)12-14-8-10-16(11-9-14)22-13-15-6-4-3-5-7-15;3-2(4,5)1(6)7/h3-11,17H,12-13,19H2,1-2H3;(H,6,7)/t17-;/m0./s1. The lowest BCUT2D eigenvalue weighted by Gasteiger charge is -2.16. The molecule has 9 heteroatoms. The molecule has 0 unspecified atom stereocenters. The Hall–Kier alpha value is -3.07. The van der Waals surface area contributed by atoms with Crippen molar-refractivity contribution in [1.82, 2.24) is 4.90 Å². The molecule has 0 radical (unpaired) electrons. The van der Waals surface area contributed by atoms with Crippen LogP contribution in [0.3, 0.4) is 0 Å². The summed E-state index contributed by atoms with van der Waals surface area (Å²) in [5, 5.41) is 7.12. The van der Waals surface area contributed by atoms with Crippen molar-refractivity contribution in [2.24, 2.45) is 5.73 Å². The molecule has 1 atom stereocenters. The second-order valence-corrected chi connectivity index (χ2v) is 6.26. The molecule has 29 heavy (non-hydrogen) atoms. The zero-order chi connectivity index (χ0) is 22.0. The summed E-state index contributed by atoms with van der Waals surface area (Å²) in [4.78, 5) is 22.2. The Morgan fingerprint density at radius 1 is 1.03 bits per heavy atom. The van der Waals surface area contributed by atoms with Crippen LogP contribution in [0.15, 0.2) is 54.6 Å². The molecule has 0 aliphatic heterocycles. The van der Waals surface area contributed by atoms with Gasteiger partial charge in [0.05, 0.1) is 6.04 Å². The molecular formula is C20H23F3N2O4. The van der Waals surface area contributed by atoms with Crippen molar-refractivity contribution in [3.63, 3.8) is 0 Å². The second kappa shape index (κ2) is 11.1. The van der Waals surface area contributed by atoms with E-state index in [4.69, 9.17) is 20.4 Å². The number of halogens is 3. The fraction of sp³-hybridized carbons (Fsp3) is 0.300. The smallest absolute Gasteiger partial charge is 0.489 e. The fourth-order valence-electron chi connectivity index (χ4n) is 2.14. The lowest BCUT2D eigenvalue weighted by molar-refractivity contribution is -0.192. The number of carboxylic acid groups (broad SMARTS) is 1. The molecule has 0 saturated carbocycles. The Labute approximate surface area is 166 Å². The average molecular weight is 412 g/mol. The minimum atomic E-state index is -5.08. The van der Waals surface area contributed by atoms with Crippen LogP contribution in [0.5, 0.6) is 5.75 Å². The van der Waals surface area contributed by atoms with E-state index in [1.165, 1.54) is 4.90 Å². The van der Waals surface area contributed by atoms with Crippen LogP contribution in [0.2, 0.25) is 0 Å². The number of hydrogen-bond acceptors (Lipinski definition) is 4. The van der Waals surface area contributed by atoms with Crippen LogP contribution >= 0.6 is 0 Å². The van der Waals surface area contributed by atoms with Crippen LogP contribution in [0.25, 0.3) is 0 Å². The Morgan fingerprint density at radius 2 is 1.55 bits per heavy atom. The fourth-order valence-corrected chi connectivity index (χ4v) is 2.14. The molecule has 0 aliphatic carbocycles. The average Bonchev–Trinajstić information content (AvgIpc) is 2.67. The van der Waals surface area contributed by atoms with Crippen molar-refractivity contribution in [3.8, 4) is 5.75 Å². The van der Waals surface area contributed by atoms with E-state index in [9.17, 15) is 18.0 Å². The molecule has 2 rings (SSSR count). The van der Waals surface area contributed by atoms with E-state index in [-0.39, 0.29) is 5.91 Å². The lowest BCUT2D eigenvalue weighted by atomic mass is 10.1. The number of benzene rings is 2. The van der Waals surface area contributed by atoms with Crippen molar-refractivity contribution in [1.29, 1.82) is 0 Å². The summed E-state index contributed by atoms with van der Waals surface area (Å²) < 4.78 is 37.5. The number of ether oxygens (including phenoxy) is 1. The number of carbonyl (C=O) groups is 2. The Bertz CT molecular complexity index is 779. The van der Waals surface area contributed by atoms with Crippen molar-refractivity contribution >= 4 is 11.9 Å². The first-order valence-electron chi connectivity index (χ1n) is 8.53. The monoisotopic (exact) mass is 412 g/mol. The zero-order valence-corrected chi connectivity index (χ0v) is 16.0. The lowest BCUT2D eigenvalue weighted by Crippen LogP contribution is -2.41. The number of carboxylic acids is 1. The maximum Gasteiger partial charge on any atom is 0.490 e. The van der Waals surface area contributed by atoms with Crippen LogP contribution in [0.4, 0.5) is 13.2 Å². The molecule has 0 spiro atoms. The molecule has 0 bridgehead atoms. The Kier molecular flexibility index (Phi) is 9.14. The van der Waals surface area contributed by atoms with Gasteiger partial charge in [-0.3, -0.25) is 4.79 Å². The molecule has 6 nitrogen and oxygen atoms in total. The van der Waals surface area contributed by atoms with Crippen LogP contribution < -0.4 is 10.5 Å². The van der Waals surface area contributed by atoms with Gasteiger partial charge in [-0.2, -0.15) is 13.2 Å². The first-order chi connectivity index (χ1) is 13.5. The molecule has 2 aromatic carbocycles. The number of nitrogens with zero attached hydrogens (tertiary/aromatic N) is 1. The quantitative estimate of drug-likeness (QED) is 0.761. The minimum Gasteiger partial charge on any atom is -0.489 e. The summed E-state index contributed by atoms with van der Waals surface area (Å²) in [6, 6.07) is 17.2.